The fourth-order valence-corrected chi connectivity index (χ4v) is 1.77. The number of aromatic nitrogens is 2. The molecule has 0 aromatic carbocycles. The monoisotopic (exact) mass is 363 g/mol. The van der Waals surface area contributed by atoms with Gasteiger partial charge in [0.2, 0.25) is 5.91 Å². The fraction of sp³-hybridized carbons (Fsp3) is 0.583. The molecule has 0 radical (unpaired) electrons. The topological polar surface area (TPSA) is 64.0 Å². The Morgan fingerprint density at radius 2 is 2.17 bits per heavy atom. The number of rotatable bonds is 4. The molecule has 0 aliphatic carbocycles. The summed E-state index contributed by atoms with van der Waals surface area (Å²) >= 11 is 1.95. The van der Waals surface area contributed by atoms with Crippen LogP contribution in [0.3, 0.4) is 0 Å². The zero-order valence-corrected chi connectivity index (χ0v) is 13.2. The number of nitrogens with zero attached hydrogens (tertiary/aromatic N) is 2. The first kappa shape index (κ1) is 15.1. The molecule has 1 N–H and O–H groups in total. The van der Waals surface area contributed by atoms with Gasteiger partial charge >= 0.3 is 0 Å². The van der Waals surface area contributed by atoms with E-state index < -0.39 is 0 Å². The van der Waals surface area contributed by atoms with Gasteiger partial charge in [-0.1, -0.05) is 6.92 Å². The highest BCUT2D eigenvalue weighted by Crippen LogP contribution is 2.06. The normalized spacial score (nSPS) is 11.4. The van der Waals surface area contributed by atoms with Crippen LogP contribution in [0.4, 0.5) is 0 Å². The van der Waals surface area contributed by atoms with E-state index in [0.29, 0.717) is 9.26 Å². The summed E-state index contributed by atoms with van der Waals surface area (Å²) in [5, 5.41) is 2.89. The zero-order chi connectivity index (χ0) is 13.9. The maximum atomic E-state index is 11.9. The van der Waals surface area contributed by atoms with Crippen LogP contribution in [0.1, 0.15) is 32.9 Å². The Balaban J connectivity index is 2.84. The summed E-state index contributed by atoms with van der Waals surface area (Å²) < 4.78 is 1.88. The number of amides is 1. The smallest absolute Gasteiger partial charge is 0.267 e. The van der Waals surface area contributed by atoms with E-state index in [0.717, 1.165) is 6.42 Å². The summed E-state index contributed by atoms with van der Waals surface area (Å²) in [6.45, 7) is 7.68. The largest absolute Gasteiger partial charge is 0.350 e. The fourth-order valence-electron chi connectivity index (χ4n) is 1.32. The van der Waals surface area contributed by atoms with Gasteiger partial charge in [0.1, 0.15) is 6.54 Å². The molecule has 1 aromatic heterocycles. The van der Waals surface area contributed by atoms with E-state index >= 15 is 0 Å². The molecule has 0 aliphatic rings. The number of halogens is 1. The minimum Gasteiger partial charge on any atom is -0.350 e. The van der Waals surface area contributed by atoms with Gasteiger partial charge < -0.3 is 5.32 Å². The Morgan fingerprint density at radius 1 is 1.56 bits per heavy atom. The standard InChI is InChI=1S/C12H18IN3O2/c1-5-12(3,4)15-9(17)6-16-7-14-8(2)10(13)11(16)18/h7H,5-6H2,1-4H3,(H,15,17). The Morgan fingerprint density at radius 3 is 2.72 bits per heavy atom. The molecule has 100 valence electrons. The van der Waals surface area contributed by atoms with Crippen molar-refractivity contribution in [1.29, 1.82) is 0 Å². The number of aryl methyl sites for hydroxylation is 1. The van der Waals surface area contributed by atoms with Crippen molar-refractivity contribution >= 4 is 28.5 Å². The van der Waals surface area contributed by atoms with E-state index in [1.54, 1.807) is 6.92 Å². The molecule has 5 nitrogen and oxygen atoms in total. The maximum absolute atomic E-state index is 11.9. The minimum atomic E-state index is -0.258. The summed E-state index contributed by atoms with van der Waals surface area (Å²) in [7, 11) is 0. The van der Waals surface area contributed by atoms with Crippen LogP contribution in [0.2, 0.25) is 0 Å². The molecule has 18 heavy (non-hydrogen) atoms. The van der Waals surface area contributed by atoms with Gasteiger partial charge in [-0.25, -0.2) is 4.98 Å². The summed E-state index contributed by atoms with van der Waals surface area (Å²) in [6, 6.07) is 0. The van der Waals surface area contributed by atoms with E-state index in [1.165, 1.54) is 10.9 Å². The molecule has 6 heteroatoms. The van der Waals surface area contributed by atoms with Gasteiger partial charge in [-0.15, -0.1) is 0 Å². The Labute approximate surface area is 120 Å². The van der Waals surface area contributed by atoms with Crippen molar-refractivity contribution in [1.82, 2.24) is 14.9 Å². The van der Waals surface area contributed by atoms with Crippen molar-refractivity contribution in [3.05, 3.63) is 25.9 Å². The van der Waals surface area contributed by atoms with Gasteiger partial charge in [-0.3, -0.25) is 14.2 Å². The van der Waals surface area contributed by atoms with E-state index in [2.05, 4.69) is 10.3 Å². The molecule has 0 atom stereocenters. The summed E-state index contributed by atoms with van der Waals surface area (Å²) in [6.07, 6.45) is 2.25. The van der Waals surface area contributed by atoms with Crippen LogP contribution < -0.4 is 10.9 Å². The average Bonchev–Trinajstić information content (AvgIpc) is 2.29. The van der Waals surface area contributed by atoms with Crippen molar-refractivity contribution in [2.24, 2.45) is 0 Å². The molecule has 0 saturated heterocycles. The maximum Gasteiger partial charge on any atom is 0.267 e. The van der Waals surface area contributed by atoms with Crippen molar-refractivity contribution in [3.63, 3.8) is 0 Å². The third-order valence-corrected chi connectivity index (χ3v) is 4.07. The lowest BCUT2D eigenvalue weighted by Crippen LogP contribution is -2.45. The second kappa shape index (κ2) is 5.81. The van der Waals surface area contributed by atoms with Gasteiger partial charge in [0.25, 0.3) is 5.56 Å². The molecule has 0 saturated carbocycles. The highest BCUT2D eigenvalue weighted by molar-refractivity contribution is 14.1. The van der Waals surface area contributed by atoms with Crippen molar-refractivity contribution in [2.75, 3.05) is 0 Å². The van der Waals surface area contributed by atoms with E-state index in [4.69, 9.17) is 0 Å². The van der Waals surface area contributed by atoms with Crippen LogP contribution in [0.5, 0.6) is 0 Å². The highest BCUT2D eigenvalue weighted by Gasteiger charge is 2.18. The third-order valence-electron chi connectivity index (χ3n) is 2.83. The summed E-state index contributed by atoms with van der Waals surface area (Å²) in [5.41, 5.74) is 0.255. The predicted octanol–water partition coefficient (Wildman–Crippen LogP) is 1.46. The molecule has 0 spiro atoms. The van der Waals surface area contributed by atoms with E-state index in [-0.39, 0.29) is 23.6 Å². The van der Waals surface area contributed by atoms with Gasteiger partial charge in [-0.2, -0.15) is 0 Å². The molecular weight excluding hydrogens is 345 g/mol. The SMILES string of the molecule is CCC(C)(C)NC(=O)Cn1cnc(C)c(I)c1=O. The van der Waals surface area contributed by atoms with Crippen molar-refractivity contribution in [3.8, 4) is 0 Å². The number of carbonyl (C=O) groups is 1. The molecular formula is C12H18IN3O2. The number of hydrogen-bond donors (Lipinski definition) is 1. The average molecular weight is 363 g/mol. The molecule has 1 aromatic rings. The second-order valence-electron chi connectivity index (χ2n) is 4.86. The van der Waals surface area contributed by atoms with Crippen LogP contribution in [-0.4, -0.2) is 21.0 Å². The van der Waals surface area contributed by atoms with Crippen molar-refractivity contribution < 1.29 is 4.79 Å². The van der Waals surface area contributed by atoms with E-state index in [9.17, 15) is 9.59 Å². The van der Waals surface area contributed by atoms with E-state index in [1.807, 2.05) is 43.4 Å². The molecule has 1 amide bonds. The molecule has 0 fully saturated rings. The minimum absolute atomic E-state index is 0.00550. The Bertz CT molecular complexity index is 509. The third kappa shape index (κ3) is 3.79. The van der Waals surface area contributed by atoms with Crippen LogP contribution in [0, 0.1) is 10.5 Å². The van der Waals surface area contributed by atoms with Gasteiger partial charge in [-0.05, 0) is 49.8 Å². The molecule has 0 unspecified atom stereocenters. The number of hydrogen-bond acceptors (Lipinski definition) is 3. The van der Waals surface area contributed by atoms with Crippen LogP contribution >= 0.6 is 22.6 Å². The number of nitrogens with one attached hydrogen (secondary N) is 1. The second-order valence-corrected chi connectivity index (χ2v) is 5.94. The Hall–Kier alpha value is -0.920. The van der Waals surface area contributed by atoms with Crippen molar-refractivity contribution in [2.45, 2.75) is 46.2 Å². The van der Waals surface area contributed by atoms with Crippen LogP contribution in [-0.2, 0) is 11.3 Å². The van der Waals surface area contributed by atoms with Crippen LogP contribution in [0.25, 0.3) is 0 Å². The molecule has 1 heterocycles. The summed E-state index contributed by atoms with van der Waals surface area (Å²) in [4.78, 5) is 27.8. The predicted molar refractivity (Wildman–Crippen MR) is 78.5 cm³/mol. The lowest BCUT2D eigenvalue weighted by molar-refractivity contribution is -0.123. The molecule has 1 rings (SSSR count). The summed E-state index contributed by atoms with van der Waals surface area (Å²) in [5.74, 6) is -0.176. The van der Waals surface area contributed by atoms with Gasteiger partial charge in [0.05, 0.1) is 15.6 Å². The van der Waals surface area contributed by atoms with Gasteiger partial charge in [0, 0.05) is 5.54 Å². The molecule has 0 bridgehead atoms. The first-order valence-corrected chi connectivity index (χ1v) is 6.87. The van der Waals surface area contributed by atoms with Gasteiger partial charge in [0.15, 0.2) is 0 Å². The van der Waals surface area contributed by atoms with Crippen LogP contribution in [0.15, 0.2) is 11.1 Å². The lowest BCUT2D eigenvalue weighted by atomic mass is 10.0. The lowest BCUT2D eigenvalue weighted by Gasteiger charge is -2.24. The molecule has 0 aliphatic heterocycles. The number of carbonyl (C=O) groups excluding carboxylic acids is 1. The first-order valence-electron chi connectivity index (χ1n) is 5.79. The first-order chi connectivity index (χ1) is 8.26. The highest BCUT2D eigenvalue weighted by atomic mass is 127. The zero-order valence-electron chi connectivity index (χ0n) is 11.1. The Kier molecular flexibility index (Phi) is 4.89. The quantitative estimate of drug-likeness (QED) is 0.824.